The zero-order chi connectivity index (χ0) is 17.7. The van der Waals surface area contributed by atoms with Gasteiger partial charge in [0.05, 0.1) is 6.42 Å². The van der Waals surface area contributed by atoms with Gasteiger partial charge >= 0.3 is 10.8 Å². The second-order valence-corrected chi connectivity index (χ2v) is 5.91. The van der Waals surface area contributed by atoms with Crippen molar-refractivity contribution in [2.45, 2.75) is 19.9 Å². The number of aromatic nitrogens is 2. The monoisotopic (exact) mass is 351 g/mol. The van der Waals surface area contributed by atoms with Gasteiger partial charge in [-0.1, -0.05) is 11.3 Å². The highest BCUT2D eigenvalue weighted by molar-refractivity contribution is 7.07. The van der Waals surface area contributed by atoms with Crippen molar-refractivity contribution in [1.29, 1.82) is 0 Å². The summed E-state index contributed by atoms with van der Waals surface area (Å²) in [6, 6.07) is 3.24. The first kappa shape index (κ1) is 17.7. The lowest BCUT2D eigenvalue weighted by molar-refractivity contribution is -0.148. The SMILES string of the molecule is Cc1csc(=O)n1CCC(=O)OCC(=O)NC(=O)c1cccn1C. The van der Waals surface area contributed by atoms with Gasteiger partial charge in [-0.3, -0.25) is 24.5 Å². The highest BCUT2D eigenvalue weighted by Gasteiger charge is 2.14. The van der Waals surface area contributed by atoms with Crippen LogP contribution < -0.4 is 10.2 Å². The minimum Gasteiger partial charge on any atom is -0.456 e. The number of amides is 2. The molecule has 0 aliphatic carbocycles. The highest BCUT2D eigenvalue weighted by Crippen LogP contribution is 2.02. The fourth-order valence-corrected chi connectivity index (χ4v) is 2.78. The molecule has 1 N–H and O–H groups in total. The molecule has 9 heteroatoms. The number of nitrogens with zero attached hydrogens (tertiary/aromatic N) is 2. The molecule has 0 fully saturated rings. The molecule has 2 heterocycles. The average Bonchev–Trinajstić information content (AvgIpc) is 3.09. The van der Waals surface area contributed by atoms with Crippen LogP contribution >= 0.6 is 11.3 Å². The van der Waals surface area contributed by atoms with E-state index in [1.807, 2.05) is 0 Å². The van der Waals surface area contributed by atoms with E-state index in [0.29, 0.717) is 5.69 Å². The van der Waals surface area contributed by atoms with Crippen LogP contribution in [0.1, 0.15) is 22.6 Å². The van der Waals surface area contributed by atoms with Gasteiger partial charge in [0.1, 0.15) is 5.69 Å². The van der Waals surface area contributed by atoms with Crippen LogP contribution in [0.15, 0.2) is 28.5 Å². The smallest absolute Gasteiger partial charge is 0.308 e. The van der Waals surface area contributed by atoms with E-state index in [2.05, 4.69) is 5.32 Å². The van der Waals surface area contributed by atoms with E-state index < -0.39 is 24.4 Å². The van der Waals surface area contributed by atoms with Crippen LogP contribution in [-0.2, 0) is 27.9 Å². The van der Waals surface area contributed by atoms with Gasteiger partial charge in [-0.15, -0.1) is 0 Å². The van der Waals surface area contributed by atoms with Crippen LogP contribution in [0.2, 0.25) is 0 Å². The predicted octanol–water partition coefficient (Wildman–Crippen LogP) is 0.447. The number of carbonyl (C=O) groups excluding carboxylic acids is 3. The summed E-state index contributed by atoms with van der Waals surface area (Å²) in [7, 11) is 1.67. The molecule has 0 saturated carbocycles. The van der Waals surface area contributed by atoms with Crippen LogP contribution in [0, 0.1) is 6.92 Å². The molecule has 0 aromatic carbocycles. The van der Waals surface area contributed by atoms with Crippen molar-refractivity contribution in [3.63, 3.8) is 0 Å². The van der Waals surface area contributed by atoms with Crippen LogP contribution in [0.5, 0.6) is 0 Å². The Bertz CT molecular complexity index is 817. The minimum absolute atomic E-state index is 0.0312. The number of ether oxygens (including phenoxy) is 1. The molecule has 0 aliphatic heterocycles. The molecule has 2 aromatic heterocycles. The lowest BCUT2D eigenvalue weighted by Gasteiger charge is -2.07. The first-order chi connectivity index (χ1) is 11.4. The summed E-state index contributed by atoms with van der Waals surface area (Å²) in [6.45, 7) is 1.41. The fourth-order valence-electron chi connectivity index (χ4n) is 2.02. The van der Waals surface area contributed by atoms with E-state index >= 15 is 0 Å². The van der Waals surface area contributed by atoms with E-state index in [0.717, 1.165) is 17.0 Å². The number of imide groups is 1. The molecular formula is C15H17N3O5S. The van der Waals surface area contributed by atoms with Crippen LogP contribution in [0.4, 0.5) is 0 Å². The van der Waals surface area contributed by atoms with Crippen molar-refractivity contribution >= 4 is 29.1 Å². The molecule has 0 bridgehead atoms. The molecule has 128 valence electrons. The van der Waals surface area contributed by atoms with Gasteiger partial charge in [-0.25, -0.2) is 0 Å². The molecule has 0 radical (unpaired) electrons. The lowest BCUT2D eigenvalue weighted by atomic mass is 10.4. The summed E-state index contributed by atoms with van der Waals surface area (Å²) in [5.74, 6) is -1.89. The van der Waals surface area contributed by atoms with Crippen molar-refractivity contribution < 1.29 is 19.1 Å². The van der Waals surface area contributed by atoms with Gasteiger partial charge in [-0.05, 0) is 19.1 Å². The van der Waals surface area contributed by atoms with Gasteiger partial charge in [-0.2, -0.15) is 0 Å². The molecule has 0 aliphatic rings. The number of carbonyl (C=O) groups is 3. The molecule has 24 heavy (non-hydrogen) atoms. The molecule has 8 nitrogen and oxygen atoms in total. The molecule has 0 spiro atoms. The number of rotatable bonds is 6. The maximum absolute atomic E-state index is 11.8. The molecule has 2 amide bonds. The molecule has 2 aromatic rings. The van der Waals surface area contributed by atoms with E-state index in [4.69, 9.17) is 4.74 Å². The van der Waals surface area contributed by atoms with Crippen molar-refractivity contribution in [3.8, 4) is 0 Å². The topological polar surface area (TPSA) is 99.4 Å². The summed E-state index contributed by atoms with van der Waals surface area (Å²) in [6.07, 6.45) is 1.64. The maximum Gasteiger partial charge on any atom is 0.308 e. The quantitative estimate of drug-likeness (QED) is 0.762. The Kier molecular flexibility index (Phi) is 5.69. The van der Waals surface area contributed by atoms with Crippen molar-refractivity contribution in [2.75, 3.05) is 6.61 Å². The normalized spacial score (nSPS) is 10.4. The van der Waals surface area contributed by atoms with E-state index in [-0.39, 0.29) is 17.8 Å². The molecule has 0 atom stereocenters. The summed E-state index contributed by atoms with van der Waals surface area (Å²) in [5.41, 5.74) is 1.09. The zero-order valence-corrected chi connectivity index (χ0v) is 14.1. The Morgan fingerprint density at radius 1 is 1.33 bits per heavy atom. The Hall–Kier alpha value is -2.68. The van der Waals surface area contributed by atoms with Gasteiger partial charge < -0.3 is 13.9 Å². The number of thiazole rings is 1. The molecule has 0 unspecified atom stereocenters. The summed E-state index contributed by atoms with van der Waals surface area (Å²) < 4.78 is 7.84. The van der Waals surface area contributed by atoms with Crippen molar-refractivity contribution in [1.82, 2.24) is 14.5 Å². The maximum atomic E-state index is 11.8. The second kappa shape index (κ2) is 7.73. The summed E-state index contributed by atoms with van der Waals surface area (Å²) in [5, 5.41) is 3.84. The summed E-state index contributed by atoms with van der Waals surface area (Å²) >= 11 is 1.06. The van der Waals surface area contributed by atoms with Crippen molar-refractivity contribution in [2.24, 2.45) is 7.05 Å². The Labute approximate surface area is 141 Å². The van der Waals surface area contributed by atoms with Gasteiger partial charge in [0.15, 0.2) is 6.61 Å². The lowest BCUT2D eigenvalue weighted by Crippen LogP contribution is -2.35. The summed E-state index contributed by atoms with van der Waals surface area (Å²) in [4.78, 5) is 46.4. The van der Waals surface area contributed by atoms with Crippen molar-refractivity contribution in [3.05, 3.63) is 44.8 Å². The number of nitrogens with one attached hydrogen (secondary N) is 1. The van der Waals surface area contributed by atoms with Crippen LogP contribution in [-0.4, -0.2) is 33.5 Å². The Morgan fingerprint density at radius 3 is 2.67 bits per heavy atom. The van der Waals surface area contributed by atoms with Gasteiger partial charge in [0, 0.05) is 30.9 Å². The second-order valence-electron chi connectivity index (χ2n) is 5.09. The molecular weight excluding hydrogens is 334 g/mol. The molecule has 0 saturated heterocycles. The first-order valence-corrected chi connectivity index (χ1v) is 8.02. The standard InChI is InChI=1S/C15H17N3O5S/c1-10-9-24-15(22)18(10)7-5-13(20)23-8-12(19)16-14(21)11-4-3-6-17(11)2/h3-4,6,9H,5,7-8H2,1-2H3,(H,16,19,21). The third kappa shape index (κ3) is 4.42. The first-order valence-electron chi connectivity index (χ1n) is 7.14. The minimum atomic E-state index is -0.710. The largest absolute Gasteiger partial charge is 0.456 e. The zero-order valence-electron chi connectivity index (χ0n) is 13.3. The third-order valence-corrected chi connectivity index (χ3v) is 4.19. The van der Waals surface area contributed by atoms with Crippen LogP contribution in [0.3, 0.4) is 0 Å². The van der Waals surface area contributed by atoms with Gasteiger partial charge in [0.25, 0.3) is 11.8 Å². The highest BCUT2D eigenvalue weighted by atomic mass is 32.1. The van der Waals surface area contributed by atoms with E-state index in [9.17, 15) is 19.2 Å². The average molecular weight is 351 g/mol. The molecule has 2 rings (SSSR count). The predicted molar refractivity (Wildman–Crippen MR) is 86.8 cm³/mol. The number of aryl methyl sites for hydroxylation is 2. The van der Waals surface area contributed by atoms with E-state index in [1.54, 1.807) is 42.2 Å². The number of esters is 1. The third-order valence-electron chi connectivity index (χ3n) is 3.31. The number of hydrogen-bond acceptors (Lipinski definition) is 6. The fraction of sp³-hybridized carbons (Fsp3) is 0.333. The van der Waals surface area contributed by atoms with Crippen LogP contribution in [0.25, 0.3) is 0 Å². The number of hydrogen-bond donors (Lipinski definition) is 1. The Balaban J connectivity index is 1.75. The van der Waals surface area contributed by atoms with E-state index in [1.165, 1.54) is 4.57 Å². The van der Waals surface area contributed by atoms with Gasteiger partial charge in [0.2, 0.25) is 0 Å². The Morgan fingerprint density at radius 2 is 2.08 bits per heavy atom.